The third-order valence-electron chi connectivity index (χ3n) is 4.71. The molecule has 1 N–H and O–H groups in total. The van der Waals surface area contributed by atoms with Crippen LogP contribution >= 0.6 is 0 Å². The van der Waals surface area contributed by atoms with E-state index in [0.717, 1.165) is 30.2 Å². The molecule has 0 radical (unpaired) electrons. The Balaban J connectivity index is 1.74. The molecule has 4 aromatic rings. The first-order chi connectivity index (χ1) is 14.7. The van der Waals surface area contributed by atoms with Crippen LogP contribution in [0.25, 0.3) is 16.9 Å². The SMILES string of the molecule is CCc1ccc(NC(=O)c2cc3nc(-c4ccc(F)cc4)cc(C(F)(F)F)n3n2)cc1. The zero-order valence-electron chi connectivity index (χ0n) is 16.2. The quantitative estimate of drug-likeness (QED) is 0.445. The maximum Gasteiger partial charge on any atom is 0.433 e. The van der Waals surface area contributed by atoms with Gasteiger partial charge in [-0.05, 0) is 54.4 Å². The minimum absolute atomic E-state index is 0.0122. The van der Waals surface area contributed by atoms with Crippen LogP contribution in [0.4, 0.5) is 23.2 Å². The van der Waals surface area contributed by atoms with Crippen LogP contribution in [0.15, 0.2) is 60.7 Å². The van der Waals surface area contributed by atoms with Gasteiger partial charge < -0.3 is 5.32 Å². The molecule has 158 valence electrons. The van der Waals surface area contributed by atoms with Gasteiger partial charge in [0.05, 0.1) is 5.69 Å². The second-order valence-corrected chi connectivity index (χ2v) is 6.84. The average molecular weight is 428 g/mol. The number of carbonyl (C=O) groups excluding carboxylic acids is 1. The number of hydrogen-bond acceptors (Lipinski definition) is 3. The zero-order chi connectivity index (χ0) is 22.2. The van der Waals surface area contributed by atoms with E-state index in [4.69, 9.17) is 0 Å². The first kappa shape index (κ1) is 20.5. The fraction of sp³-hybridized carbons (Fsp3) is 0.136. The number of amides is 1. The van der Waals surface area contributed by atoms with Crippen LogP contribution in [0.5, 0.6) is 0 Å². The molecule has 0 bridgehead atoms. The van der Waals surface area contributed by atoms with Crippen LogP contribution in [-0.4, -0.2) is 20.5 Å². The molecule has 2 aromatic carbocycles. The predicted octanol–water partition coefficient (Wildman–Crippen LogP) is 5.37. The molecule has 31 heavy (non-hydrogen) atoms. The molecule has 0 fully saturated rings. The van der Waals surface area contributed by atoms with Crippen molar-refractivity contribution in [2.75, 3.05) is 5.32 Å². The number of halogens is 4. The number of alkyl halides is 3. The van der Waals surface area contributed by atoms with E-state index in [1.165, 1.54) is 18.2 Å². The number of aromatic nitrogens is 3. The molecule has 0 aliphatic heterocycles. The second kappa shape index (κ2) is 7.82. The number of benzene rings is 2. The number of aryl methyl sites for hydroxylation is 1. The lowest BCUT2D eigenvalue weighted by atomic mass is 10.1. The number of carbonyl (C=O) groups is 1. The van der Waals surface area contributed by atoms with Crippen LogP contribution in [0, 0.1) is 5.82 Å². The van der Waals surface area contributed by atoms with E-state index in [-0.39, 0.29) is 17.0 Å². The summed E-state index contributed by atoms with van der Waals surface area (Å²) in [6.07, 6.45) is -3.91. The Kier molecular flexibility index (Phi) is 5.18. The van der Waals surface area contributed by atoms with Crippen molar-refractivity contribution in [1.29, 1.82) is 0 Å². The summed E-state index contributed by atoms with van der Waals surface area (Å²) in [4.78, 5) is 16.7. The highest BCUT2D eigenvalue weighted by Crippen LogP contribution is 2.32. The third-order valence-corrected chi connectivity index (χ3v) is 4.71. The van der Waals surface area contributed by atoms with Crippen molar-refractivity contribution in [3.63, 3.8) is 0 Å². The van der Waals surface area contributed by atoms with E-state index in [1.807, 2.05) is 19.1 Å². The number of rotatable bonds is 4. The summed E-state index contributed by atoms with van der Waals surface area (Å²) in [6, 6.07) is 14.0. The molecule has 0 saturated carbocycles. The molecule has 0 spiro atoms. The summed E-state index contributed by atoms with van der Waals surface area (Å²) in [6.45, 7) is 2.00. The van der Waals surface area contributed by atoms with E-state index in [0.29, 0.717) is 15.8 Å². The summed E-state index contributed by atoms with van der Waals surface area (Å²) in [5.41, 5.74) is 0.408. The fourth-order valence-electron chi connectivity index (χ4n) is 3.07. The van der Waals surface area contributed by atoms with E-state index in [9.17, 15) is 22.4 Å². The molecule has 0 aliphatic rings. The van der Waals surface area contributed by atoms with Gasteiger partial charge in [0, 0.05) is 17.3 Å². The smallest absolute Gasteiger partial charge is 0.321 e. The maximum atomic E-state index is 13.7. The van der Waals surface area contributed by atoms with Crippen molar-refractivity contribution in [3.8, 4) is 11.3 Å². The minimum Gasteiger partial charge on any atom is -0.321 e. The van der Waals surface area contributed by atoms with Crippen molar-refractivity contribution in [3.05, 3.63) is 83.4 Å². The fourth-order valence-corrected chi connectivity index (χ4v) is 3.07. The number of fused-ring (bicyclic) bond motifs is 1. The summed E-state index contributed by atoms with van der Waals surface area (Å²) >= 11 is 0. The first-order valence-electron chi connectivity index (χ1n) is 9.39. The van der Waals surface area contributed by atoms with Crippen molar-refractivity contribution < 1.29 is 22.4 Å². The van der Waals surface area contributed by atoms with E-state index in [1.54, 1.807) is 12.1 Å². The van der Waals surface area contributed by atoms with Crippen LogP contribution < -0.4 is 5.32 Å². The molecule has 2 heterocycles. The van der Waals surface area contributed by atoms with Gasteiger partial charge in [-0.1, -0.05) is 19.1 Å². The van der Waals surface area contributed by atoms with Gasteiger partial charge in [0.25, 0.3) is 5.91 Å². The van der Waals surface area contributed by atoms with Gasteiger partial charge in [-0.2, -0.15) is 18.3 Å². The van der Waals surface area contributed by atoms with Crippen LogP contribution in [-0.2, 0) is 12.6 Å². The Labute approximate surface area is 174 Å². The summed E-state index contributed by atoms with van der Waals surface area (Å²) in [7, 11) is 0. The molecule has 0 aliphatic carbocycles. The number of hydrogen-bond donors (Lipinski definition) is 1. The molecule has 0 unspecified atom stereocenters. The van der Waals surface area contributed by atoms with Gasteiger partial charge in [-0.3, -0.25) is 4.79 Å². The molecule has 2 aromatic heterocycles. The predicted molar refractivity (Wildman–Crippen MR) is 107 cm³/mol. The molecule has 0 saturated heterocycles. The lowest BCUT2D eigenvalue weighted by Gasteiger charge is -2.11. The summed E-state index contributed by atoms with van der Waals surface area (Å²) in [5, 5.41) is 6.44. The van der Waals surface area contributed by atoms with Crippen molar-refractivity contribution in [2.45, 2.75) is 19.5 Å². The Bertz CT molecular complexity index is 1250. The van der Waals surface area contributed by atoms with Crippen molar-refractivity contribution in [1.82, 2.24) is 14.6 Å². The van der Waals surface area contributed by atoms with Gasteiger partial charge in [0.15, 0.2) is 17.0 Å². The van der Waals surface area contributed by atoms with Gasteiger partial charge in [-0.25, -0.2) is 13.9 Å². The Morgan fingerprint density at radius 3 is 2.32 bits per heavy atom. The first-order valence-corrected chi connectivity index (χ1v) is 9.39. The van der Waals surface area contributed by atoms with Crippen LogP contribution in [0.1, 0.15) is 28.7 Å². The van der Waals surface area contributed by atoms with Crippen molar-refractivity contribution in [2.24, 2.45) is 0 Å². The molecule has 9 heteroatoms. The lowest BCUT2D eigenvalue weighted by molar-refractivity contribution is -0.142. The third kappa shape index (κ3) is 4.25. The average Bonchev–Trinajstić information content (AvgIpc) is 3.17. The Hall–Kier alpha value is -3.75. The molecule has 1 amide bonds. The van der Waals surface area contributed by atoms with Gasteiger partial charge >= 0.3 is 6.18 Å². The normalized spacial score (nSPS) is 11.6. The highest BCUT2D eigenvalue weighted by atomic mass is 19.4. The largest absolute Gasteiger partial charge is 0.433 e. The summed E-state index contributed by atoms with van der Waals surface area (Å²) in [5.74, 6) is -1.18. The zero-order valence-corrected chi connectivity index (χ0v) is 16.2. The second-order valence-electron chi connectivity index (χ2n) is 6.84. The Morgan fingerprint density at radius 2 is 1.71 bits per heavy atom. The minimum atomic E-state index is -4.74. The van der Waals surface area contributed by atoms with E-state index < -0.39 is 23.6 Å². The van der Waals surface area contributed by atoms with Crippen molar-refractivity contribution >= 4 is 17.2 Å². The van der Waals surface area contributed by atoms with E-state index >= 15 is 0 Å². The lowest BCUT2D eigenvalue weighted by Crippen LogP contribution is -2.15. The van der Waals surface area contributed by atoms with Crippen LogP contribution in [0.2, 0.25) is 0 Å². The molecule has 5 nitrogen and oxygen atoms in total. The van der Waals surface area contributed by atoms with Gasteiger partial charge in [0.2, 0.25) is 0 Å². The monoisotopic (exact) mass is 428 g/mol. The molecular formula is C22H16F4N4O. The van der Waals surface area contributed by atoms with Gasteiger partial charge in [-0.15, -0.1) is 0 Å². The topological polar surface area (TPSA) is 59.3 Å². The highest BCUT2D eigenvalue weighted by molar-refractivity contribution is 6.03. The highest BCUT2D eigenvalue weighted by Gasteiger charge is 2.35. The molecule has 4 rings (SSSR count). The summed E-state index contributed by atoms with van der Waals surface area (Å²) < 4.78 is 54.7. The number of anilines is 1. The molecular weight excluding hydrogens is 412 g/mol. The number of nitrogens with zero attached hydrogens (tertiary/aromatic N) is 3. The van der Waals surface area contributed by atoms with Crippen LogP contribution in [0.3, 0.4) is 0 Å². The Morgan fingerprint density at radius 1 is 1.03 bits per heavy atom. The number of nitrogens with one attached hydrogen (secondary N) is 1. The standard InChI is InChI=1S/C22H16F4N4O/c1-2-13-3-9-16(10-4-13)27-21(31)18-12-20-28-17(14-5-7-15(23)8-6-14)11-19(22(24,25)26)30(20)29-18/h3-12H,2H2,1H3,(H,27,31). The van der Waals surface area contributed by atoms with Gasteiger partial charge in [0.1, 0.15) is 5.82 Å². The van der Waals surface area contributed by atoms with E-state index in [2.05, 4.69) is 15.4 Å². The maximum absolute atomic E-state index is 13.7. The molecule has 0 atom stereocenters.